The Morgan fingerprint density at radius 2 is 1.25 bits per heavy atom. The third-order valence-electron chi connectivity index (χ3n) is 0.541. The summed E-state index contributed by atoms with van der Waals surface area (Å²) in [5.74, 6) is 0. The van der Waals surface area contributed by atoms with Crippen LogP contribution >= 0.6 is 0 Å². The molecule has 0 aromatic heterocycles. The highest BCUT2D eigenvalue weighted by atomic mass is 16.3. The fourth-order valence-corrected chi connectivity index (χ4v) is 0.129. The van der Waals surface area contributed by atoms with Gasteiger partial charge in [-0.05, 0) is 0 Å². The van der Waals surface area contributed by atoms with Crippen LogP contribution in [0.25, 0.3) is 0 Å². The van der Waals surface area contributed by atoms with Gasteiger partial charge in [-0.3, -0.25) is 9.59 Å². The number of rotatable bonds is 3. The van der Waals surface area contributed by atoms with Gasteiger partial charge in [0, 0.05) is 0 Å². The SMILES string of the molecule is O=[C]C(O)C(O)[C]=O. The molecule has 2 N–H and O–H groups in total. The van der Waals surface area contributed by atoms with Crippen molar-refractivity contribution >= 4 is 12.6 Å². The Bertz CT molecular complexity index is 78.0. The number of carbonyl (C=O) groups excluding carboxylic acids is 2. The fourth-order valence-electron chi connectivity index (χ4n) is 0.129. The standard InChI is InChI=1S/C4H4O4/c5-1-3(7)4(8)2-6/h3-4,7-8H. The van der Waals surface area contributed by atoms with Crippen LogP contribution in [0.1, 0.15) is 0 Å². The van der Waals surface area contributed by atoms with Crippen LogP contribution in [0.2, 0.25) is 0 Å². The maximum atomic E-state index is 9.39. The van der Waals surface area contributed by atoms with Crippen molar-refractivity contribution in [2.45, 2.75) is 12.2 Å². The number of aliphatic hydroxyl groups is 2. The van der Waals surface area contributed by atoms with Gasteiger partial charge in [-0.1, -0.05) is 0 Å². The largest absolute Gasteiger partial charge is 0.382 e. The quantitative estimate of drug-likeness (QED) is 0.444. The number of hydrogen-bond donors (Lipinski definition) is 2. The van der Waals surface area contributed by atoms with Gasteiger partial charge in [-0.2, -0.15) is 0 Å². The maximum Gasteiger partial charge on any atom is 0.232 e. The van der Waals surface area contributed by atoms with E-state index in [9.17, 15) is 9.59 Å². The lowest BCUT2D eigenvalue weighted by molar-refractivity contribution is 0.101. The molecule has 2 atom stereocenters. The van der Waals surface area contributed by atoms with Gasteiger partial charge in [-0.25, -0.2) is 0 Å². The lowest BCUT2D eigenvalue weighted by Crippen LogP contribution is -2.27. The molecule has 0 aliphatic heterocycles. The predicted octanol–water partition coefficient (Wildman–Crippen LogP) is -2.07. The summed E-state index contributed by atoms with van der Waals surface area (Å²) in [4.78, 5) is 18.8. The Morgan fingerprint density at radius 1 is 1.00 bits per heavy atom. The summed E-state index contributed by atoms with van der Waals surface area (Å²) in [6.45, 7) is 0. The molecule has 0 aromatic carbocycles. The molecule has 0 bridgehead atoms. The molecule has 4 heteroatoms. The summed E-state index contributed by atoms with van der Waals surface area (Å²) in [5, 5.41) is 16.4. The van der Waals surface area contributed by atoms with Gasteiger partial charge in [0.15, 0.2) is 12.2 Å². The van der Waals surface area contributed by atoms with Gasteiger partial charge < -0.3 is 10.2 Å². The van der Waals surface area contributed by atoms with Gasteiger partial charge >= 0.3 is 0 Å². The van der Waals surface area contributed by atoms with E-state index in [2.05, 4.69) is 0 Å². The first kappa shape index (κ1) is 7.26. The lowest BCUT2D eigenvalue weighted by Gasteiger charge is -1.99. The summed E-state index contributed by atoms with van der Waals surface area (Å²) in [6, 6.07) is 0. The summed E-state index contributed by atoms with van der Waals surface area (Å²) in [7, 11) is 0. The molecule has 0 aliphatic rings. The molecule has 44 valence electrons. The van der Waals surface area contributed by atoms with E-state index in [0.29, 0.717) is 0 Å². The van der Waals surface area contributed by atoms with E-state index in [1.807, 2.05) is 0 Å². The molecule has 0 rings (SSSR count). The molecular formula is C4H4O4. The van der Waals surface area contributed by atoms with Crippen LogP contribution in [0.4, 0.5) is 0 Å². The van der Waals surface area contributed by atoms with E-state index in [-0.39, 0.29) is 0 Å². The average Bonchev–Trinajstić information content (AvgIpc) is 1.84. The van der Waals surface area contributed by atoms with E-state index in [4.69, 9.17) is 10.2 Å². The van der Waals surface area contributed by atoms with Crippen LogP contribution in [0.5, 0.6) is 0 Å². The summed E-state index contributed by atoms with van der Waals surface area (Å²) in [5.41, 5.74) is 0. The fraction of sp³-hybridized carbons (Fsp3) is 0.500. The summed E-state index contributed by atoms with van der Waals surface area (Å²) < 4.78 is 0. The zero-order valence-corrected chi connectivity index (χ0v) is 3.87. The molecule has 0 aliphatic carbocycles. The van der Waals surface area contributed by atoms with E-state index in [1.165, 1.54) is 0 Å². The number of aliphatic hydroxyl groups excluding tert-OH is 2. The molecule has 0 aromatic rings. The zero-order valence-electron chi connectivity index (χ0n) is 3.87. The van der Waals surface area contributed by atoms with Crippen molar-refractivity contribution in [3.8, 4) is 0 Å². The highest BCUT2D eigenvalue weighted by Crippen LogP contribution is 1.82. The molecule has 0 saturated heterocycles. The minimum Gasteiger partial charge on any atom is -0.382 e. The first-order chi connectivity index (χ1) is 3.72. The van der Waals surface area contributed by atoms with Crippen LogP contribution in [0.15, 0.2) is 0 Å². The Balaban J connectivity index is 3.60. The van der Waals surface area contributed by atoms with Gasteiger partial charge in [0.05, 0.1) is 0 Å². The van der Waals surface area contributed by atoms with Crippen molar-refractivity contribution in [1.29, 1.82) is 0 Å². The van der Waals surface area contributed by atoms with Crippen LogP contribution in [0.3, 0.4) is 0 Å². The monoisotopic (exact) mass is 116 g/mol. The Labute approximate surface area is 45.7 Å². The van der Waals surface area contributed by atoms with Crippen molar-refractivity contribution in [2.24, 2.45) is 0 Å². The second kappa shape index (κ2) is 3.29. The molecular weight excluding hydrogens is 112 g/mol. The molecule has 0 spiro atoms. The molecule has 0 amide bonds. The predicted molar refractivity (Wildman–Crippen MR) is 23.4 cm³/mol. The minimum absolute atomic E-state index is 1.01. The smallest absolute Gasteiger partial charge is 0.232 e. The highest BCUT2D eigenvalue weighted by molar-refractivity contribution is 5.68. The Morgan fingerprint density at radius 3 is 1.38 bits per heavy atom. The summed E-state index contributed by atoms with van der Waals surface area (Å²) >= 11 is 0. The van der Waals surface area contributed by atoms with Crippen LogP contribution < -0.4 is 0 Å². The van der Waals surface area contributed by atoms with Crippen molar-refractivity contribution in [1.82, 2.24) is 0 Å². The first-order valence-corrected chi connectivity index (χ1v) is 1.84. The molecule has 2 unspecified atom stereocenters. The molecule has 0 heterocycles. The van der Waals surface area contributed by atoms with Crippen molar-refractivity contribution < 1.29 is 19.8 Å². The minimum atomic E-state index is -1.76. The van der Waals surface area contributed by atoms with Gasteiger partial charge in [0.25, 0.3) is 0 Å². The zero-order chi connectivity index (χ0) is 6.57. The second-order valence-electron chi connectivity index (χ2n) is 1.13. The maximum absolute atomic E-state index is 9.39. The topological polar surface area (TPSA) is 74.6 Å². The Hall–Kier alpha value is -0.740. The van der Waals surface area contributed by atoms with E-state index in [0.717, 1.165) is 12.6 Å². The second-order valence-corrected chi connectivity index (χ2v) is 1.13. The van der Waals surface area contributed by atoms with Crippen molar-refractivity contribution in [2.75, 3.05) is 0 Å². The van der Waals surface area contributed by atoms with Crippen molar-refractivity contribution in [3.05, 3.63) is 0 Å². The molecule has 0 fully saturated rings. The normalized spacial score (nSPS) is 16.8. The molecule has 8 heavy (non-hydrogen) atoms. The third kappa shape index (κ3) is 1.81. The van der Waals surface area contributed by atoms with E-state index in [1.54, 1.807) is 0 Å². The van der Waals surface area contributed by atoms with Crippen LogP contribution in [0, 0.1) is 0 Å². The van der Waals surface area contributed by atoms with Gasteiger partial charge in [0.1, 0.15) is 0 Å². The van der Waals surface area contributed by atoms with E-state index < -0.39 is 12.2 Å². The molecule has 0 saturated carbocycles. The van der Waals surface area contributed by atoms with Crippen LogP contribution in [-0.2, 0) is 9.59 Å². The number of hydrogen-bond acceptors (Lipinski definition) is 4. The van der Waals surface area contributed by atoms with Gasteiger partial charge in [-0.15, -0.1) is 0 Å². The average molecular weight is 116 g/mol. The Kier molecular flexibility index (Phi) is 2.98. The summed E-state index contributed by atoms with van der Waals surface area (Å²) in [6.07, 6.45) is -1.50. The first-order valence-electron chi connectivity index (χ1n) is 1.84. The van der Waals surface area contributed by atoms with E-state index >= 15 is 0 Å². The lowest BCUT2D eigenvalue weighted by atomic mass is 10.2. The molecule has 4 nitrogen and oxygen atoms in total. The van der Waals surface area contributed by atoms with Crippen LogP contribution in [-0.4, -0.2) is 35.0 Å². The van der Waals surface area contributed by atoms with Crippen molar-refractivity contribution in [3.63, 3.8) is 0 Å². The third-order valence-corrected chi connectivity index (χ3v) is 0.541. The van der Waals surface area contributed by atoms with Gasteiger partial charge in [0.2, 0.25) is 12.6 Å². The highest BCUT2D eigenvalue weighted by Gasteiger charge is 2.14. The molecule has 2 radical (unpaired) electrons.